The number of hydrogen-bond acceptors (Lipinski definition) is 4. The average molecular weight is 328 g/mol. The minimum Gasteiger partial charge on any atom is -0.493 e. The fraction of sp³-hybridized carbons (Fsp3) is 0.450. The minimum absolute atomic E-state index is 0.317. The van der Waals surface area contributed by atoms with Gasteiger partial charge >= 0.3 is 0 Å². The van der Waals surface area contributed by atoms with Gasteiger partial charge in [-0.2, -0.15) is 0 Å². The van der Waals surface area contributed by atoms with E-state index in [-0.39, 0.29) is 0 Å². The van der Waals surface area contributed by atoms with Crippen molar-refractivity contribution in [2.75, 3.05) is 13.7 Å². The van der Waals surface area contributed by atoms with Crippen LogP contribution in [0.25, 0.3) is 0 Å². The van der Waals surface area contributed by atoms with Gasteiger partial charge in [-0.1, -0.05) is 26.8 Å². The summed E-state index contributed by atoms with van der Waals surface area (Å²) in [6.45, 7) is 9.09. The number of benzene rings is 1. The maximum Gasteiger partial charge on any atom is 0.161 e. The van der Waals surface area contributed by atoms with E-state index in [1.54, 1.807) is 19.5 Å². The second kappa shape index (κ2) is 8.69. The fourth-order valence-electron chi connectivity index (χ4n) is 2.25. The molecule has 0 spiro atoms. The molecule has 1 aromatic carbocycles. The van der Waals surface area contributed by atoms with Crippen LogP contribution < -0.4 is 14.8 Å². The molecule has 0 saturated heterocycles. The third-order valence-electron chi connectivity index (χ3n) is 4.26. The number of hydrogen-bond donors (Lipinski definition) is 1. The summed E-state index contributed by atoms with van der Waals surface area (Å²) in [4.78, 5) is 4.01. The van der Waals surface area contributed by atoms with Crippen molar-refractivity contribution >= 4 is 0 Å². The third-order valence-corrected chi connectivity index (χ3v) is 4.26. The van der Waals surface area contributed by atoms with Crippen molar-refractivity contribution in [1.82, 2.24) is 10.3 Å². The van der Waals surface area contributed by atoms with E-state index in [0.29, 0.717) is 12.0 Å². The molecule has 0 unspecified atom stereocenters. The van der Waals surface area contributed by atoms with Crippen LogP contribution in [0.2, 0.25) is 0 Å². The Labute approximate surface area is 145 Å². The second-order valence-electron chi connectivity index (χ2n) is 6.75. The van der Waals surface area contributed by atoms with E-state index in [4.69, 9.17) is 9.47 Å². The molecule has 1 aromatic heterocycles. The van der Waals surface area contributed by atoms with Gasteiger partial charge in [-0.3, -0.25) is 4.98 Å². The van der Waals surface area contributed by atoms with Gasteiger partial charge in [0.15, 0.2) is 11.5 Å². The van der Waals surface area contributed by atoms with Crippen molar-refractivity contribution < 1.29 is 9.47 Å². The normalized spacial score (nSPS) is 11.3. The molecule has 1 N–H and O–H groups in total. The van der Waals surface area contributed by atoms with E-state index in [0.717, 1.165) is 36.6 Å². The van der Waals surface area contributed by atoms with Crippen LogP contribution in [-0.4, -0.2) is 18.6 Å². The van der Waals surface area contributed by atoms with Crippen LogP contribution in [0, 0.1) is 5.41 Å². The summed E-state index contributed by atoms with van der Waals surface area (Å²) >= 11 is 0. The van der Waals surface area contributed by atoms with Crippen LogP contribution in [0.4, 0.5) is 0 Å². The summed E-state index contributed by atoms with van der Waals surface area (Å²) in [5.41, 5.74) is 2.59. The smallest absolute Gasteiger partial charge is 0.161 e. The van der Waals surface area contributed by atoms with E-state index < -0.39 is 0 Å². The van der Waals surface area contributed by atoms with Crippen molar-refractivity contribution in [1.29, 1.82) is 0 Å². The largest absolute Gasteiger partial charge is 0.493 e. The summed E-state index contributed by atoms with van der Waals surface area (Å²) in [7, 11) is 1.67. The molecular formula is C20H28N2O2. The van der Waals surface area contributed by atoms with Gasteiger partial charge in [-0.05, 0) is 47.2 Å². The van der Waals surface area contributed by atoms with Gasteiger partial charge in [0.1, 0.15) is 6.61 Å². The first-order valence-electron chi connectivity index (χ1n) is 8.43. The van der Waals surface area contributed by atoms with Gasteiger partial charge in [0.2, 0.25) is 0 Å². The zero-order valence-electron chi connectivity index (χ0n) is 15.1. The lowest BCUT2D eigenvalue weighted by Gasteiger charge is -2.23. The molecule has 1 heterocycles. The molecule has 2 aromatic rings. The number of nitrogens with zero attached hydrogens (tertiary/aromatic N) is 1. The molecule has 0 saturated carbocycles. The maximum absolute atomic E-state index is 5.87. The predicted octanol–water partition coefficient (Wildman–Crippen LogP) is 4.20. The molecular weight excluding hydrogens is 300 g/mol. The Morgan fingerprint density at radius 2 is 1.79 bits per heavy atom. The van der Waals surface area contributed by atoms with Gasteiger partial charge in [0, 0.05) is 25.5 Å². The molecule has 24 heavy (non-hydrogen) atoms. The van der Waals surface area contributed by atoms with E-state index in [1.165, 1.54) is 5.56 Å². The van der Waals surface area contributed by atoms with Crippen molar-refractivity contribution in [3.63, 3.8) is 0 Å². The first kappa shape index (κ1) is 18.3. The molecule has 4 heteroatoms. The SMILES string of the molecule is CCC(C)(C)CNCc1ccc(OCc2ccncc2)c(OC)c1. The molecule has 0 aliphatic heterocycles. The number of pyridine rings is 1. The summed E-state index contributed by atoms with van der Waals surface area (Å²) in [6, 6.07) is 9.98. The molecule has 130 valence electrons. The highest BCUT2D eigenvalue weighted by atomic mass is 16.5. The van der Waals surface area contributed by atoms with Gasteiger partial charge in [0.05, 0.1) is 7.11 Å². The summed E-state index contributed by atoms with van der Waals surface area (Å²) in [6.07, 6.45) is 4.69. The highest BCUT2D eigenvalue weighted by Crippen LogP contribution is 2.29. The molecule has 0 atom stereocenters. The number of aromatic nitrogens is 1. The predicted molar refractivity (Wildman–Crippen MR) is 97.3 cm³/mol. The lowest BCUT2D eigenvalue weighted by Crippen LogP contribution is -2.28. The van der Waals surface area contributed by atoms with Crippen LogP contribution >= 0.6 is 0 Å². The molecule has 2 rings (SSSR count). The maximum atomic E-state index is 5.87. The summed E-state index contributed by atoms with van der Waals surface area (Å²) in [5.74, 6) is 1.52. The standard InChI is InChI=1S/C20H28N2O2/c1-5-20(2,3)15-22-13-17-6-7-18(19(12-17)23-4)24-14-16-8-10-21-11-9-16/h6-12,22H,5,13-15H2,1-4H3. The Hall–Kier alpha value is -2.07. The Bertz CT molecular complexity index is 627. The molecule has 0 bridgehead atoms. The van der Waals surface area contributed by atoms with E-state index in [9.17, 15) is 0 Å². The number of methoxy groups -OCH3 is 1. The zero-order chi connectivity index (χ0) is 17.4. The molecule has 0 radical (unpaired) electrons. The highest BCUT2D eigenvalue weighted by Gasteiger charge is 2.14. The zero-order valence-corrected chi connectivity index (χ0v) is 15.1. The van der Waals surface area contributed by atoms with Crippen molar-refractivity contribution in [2.24, 2.45) is 5.41 Å². The van der Waals surface area contributed by atoms with E-state index >= 15 is 0 Å². The molecule has 0 aliphatic rings. The third kappa shape index (κ3) is 5.53. The Balaban J connectivity index is 1.94. The quantitative estimate of drug-likeness (QED) is 0.749. The molecule has 0 aliphatic carbocycles. The van der Waals surface area contributed by atoms with Crippen LogP contribution in [-0.2, 0) is 13.2 Å². The van der Waals surface area contributed by atoms with Gasteiger partial charge in [0.25, 0.3) is 0 Å². The Kier molecular flexibility index (Phi) is 6.62. The topological polar surface area (TPSA) is 43.4 Å². The van der Waals surface area contributed by atoms with Crippen LogP contribution in [0.1, 0.15) is 38.3 Å². The summed E-state index contributed by atoms with van der Waals surface area (Å²) in [5, 5.41) is 3.52. The Morgan fingerprint density at radius 1 is 1.04 bits per heavy atom. The molecule has 4 nitrogen and oxygen atoms in total. The van der Waals surface area contributed by atoms with E-state index in [1.807, 2.05) is 24.3 Å². The average Bonchev–Trinajstić information content (AvgIpc) is 2.61. The number of rotatable bonds is 9. The minimum atomic E-state index is 0.317. The van der Waals surface area contributed by atoms with Gasteiger partial charge in [-0.15, -0.1) is 0 Å². The lowest BCUT2D eigenvalue weighted by molar-refractivity contribution is 0.284. The van der Waals surface area contributed by atoms with Crippen LogP contribution in [0.3, 0.4) is 0 Å². The monoisotopic (exact) mass is 328 g/mol. The first-order valence-corrected chi connectivity index (χ1v) is 8.43. The van der Waals surface area contributed by atoms with Crippen LogP contribution in [0.5, 0.6) is 11.5 Å². The molecule has 0 fully saturated rings. The number of ether oxygens (including phenoxy) is 2. The molecule has 0 amide bonds. The van der Waals surface area contributed by atoms with Gasteiger partial charge in [-0.25, -0.2) is 0 Å². The number of nitrogens with one attached hydrogen (secondary N) is 1. The van der Waals surface area contributed by atoms with E-state index in [2.05, 4.69) is 37.1 Å². The summed E-state index contributed by atoms with van der Waals surface area (Å²) < 4.78 is 11.3. The second-order valence-corrected chi connectivity index (χ2v) is 6.75. The highest BCUT2D eigenvalue weighted by molar-refractivity contribution is 5.43. The fourth-order valence-corrected chi connectivity index (χ4v) is 2.25. The first-order chi connectivity index (χ1) is 11.5. The van der Waals surface area contributed by atoms with Crippen molar-refractivity contribution in [3.8, 4) is 11.5 Å². The van der Waals surface area contributed by atoms with Crippen molar-refractivity contribution in [2.45, 2.75) is 40.3 Å². The van der Waals surface area contributed by atoms with Gasteiger partial charge < -0.3 is 14.8 Å². The van der Waals surface area contributed by atoms with Crippen molar-refractivity contribution in [3.05, 3.63) is 53.9 Å². The van der Waals surface area contributed by atoms with Crippen LogP contribution in [0.15, 0.2) is 42.7 Å². The Morgan fingerprint density at radius 3 is 2.46 bits per heavy atom. The lowest BCUT2D eigenvalue weighted by atomic mass is 9.90.